The fraction of sp³-hybridized carbons (Fsp3) is 0.250. The Bertz CT molecular complexity index is 451. The Labute approximate surface area is 93.7 Å². The molecule has 1 aromatic rings. The van der Waals surface area contributed by atoms with E-state index >= 15 is 0 Å². The number of ketones is 1. The van der Waals surface area contributed by atoms with E-state index in [0.29, 0.717) is 22.7 Å². The zero-order valence-electron chi connectivity index (χ0n) is 8.46. The van der Waals surface area contributed by atoms with Gasteiger partial charge in [0.25, 0.3) is 0 Å². The Balaban J connectivity index is 2.44. The first-order valence-corrected chi connectivity index (χ1v) is 5.23. The minimum absolute atomic E-state index is 0.0359. The lowest BCUT2D eigenvalue weighted by Gasteiger charge is -2.12. The van der Waals surface area contributed by atoms with Crippen LogP contribution in [0.4, 0.5) is 0 Å². The van der Waals surface area contributed by atoms with Crippen molar-refractivity contribution in [3.63, 3.8) is 0 Å². The molecule has 0 bridgehead atoms. The number of hydrogen-bond donors (Lipinski definition) is 1. The van der Waals surface area contributed by atoms with Gasteiger partial charge in [0.2, 0.25) is 0 Å². The van der Waals surface area contributed by atoms with Crippen LogP contribution in [0, 0.1) is 0 Å². The van der Waals surface area contributed by atoms with Crippen molar-refractivity contribution in [3.05, 3.63) is 46.1 Å². The van der Waals surface area contributed by atoms with Gasteiger partial charge in [-0.2, -0.15) is 0 Å². The first kappa shape index (κ1) is 10.2. The number of halogens is 1. The van der Waals surface area contributed by atoms with Crippen LogP contribution in [0.2, 0.25) is 5.02 Å². The molecule has 3 heteroatoms. The normalized spacial score (nSPS) is 21.2. The van der Waals surface area contributed by atoms with Crippen LogP contribution in [0.5, 0.6) is 0 Å². The highest BCUT2D eigenvalue weighted by molar-refractivity contribution is 6.31. The van der Waals surface area contributed by atoms with Gasteiger partial charge in [-0.25, -0.2) is 0 Å². The molecule has 1 atom stereocenters. The molecule has 0 saturated carbocycles. The molecule has 1 aliphatic rings. The van der Waals surface area contributed by atoms with Gasteiger partial charge >= 0.3 is 0 Å². The van der Waals surface area contributed by atoms with Crippen molar-refractivity contribution in [1.29, 1.82) is 0 Å². The smallest absolute Gasteiger partial charge is 0.161 e. The molecule has 78 valence electrons. The summed E-state index contributed by atoms with van der Waals surface area (Å²) in [5.41, 5.74) is 8.20. The van der Waals surface area contributed by atoms with Gasteiger partial charge in [-0.05, 0) is 18.6 Å². The second-order valence-corrected chi connectivity index (χ2v) is 4.19. The quantitative estimate of drug-likeness (QED) is 0.792. The Hall–Kier alpha value is -1.28. The number of hydrogen-bond acceptors (Lipinski definition) is 2. The summed E-state index contributed by atoms with van der Waals surface area (Å²) in [6.07, 6.45) is 0.446. The molecule has 0 amide bonds. The van der Waals surface area contributed by atoms with E-state index in [9.17, 15) is 4.79 Å². The molecule has 0 radical (unpaired) electrons. The van der Waals surface area contributed by atoms with E-state index in [2.05, 4.69) is 0 Å². The van der Waals surface area contributed by atoms with Gasteiger partial charge in [-0.3, -0.25) is 4.79 Å². The van der Waals surface area contributed by atoms with Crippen molar-refractivity contribution in [1.82, 2.24) is 0 Å². The Morgan fingerprint density at radius 2 is 2.07 bits per heavy atom. The van der Waals surface area contributed by atoms with Gasteiger partial charge in [-0.1, -0.05) is 29.8 Å². The van der Waals surface area contributed by atoms with Crippen LogP contribution >= 0.6 is 11.6 Å². The molecule has 1 aromatic carbocycles. The minimum Gasteiger partial charge on any atom is -0.401 e. The fourth-order valence-electron chi connectivity index (χ4n) is 1.91. The number of benzene rings is 1. The minimum atomic E-state index is -0.0359. The summed E-state index contributed by atoms with van der Waals surface area (Å²) in [7, 11) is 0. The second kappa shape index (κ2) is 3.70. The van der Waals surface area contributed by atoms with Gasteiger partial charge in [-0.15, -0.1) is 0 Å². The highest BCUT2D eigenvalue weighted by Crippen LogP contribution is 2.37. The van der Waals surface area contributed by atoms with Crippen molar-refractivity contribution >= 4 is 17.4 Å². The Kier molecular flexibility index (Phi) is 2.53. The molecule has 2 rings (SSSR count). The van der Waals surface area contributed by atoms with Gasteiger partial charge in [0.05, 0.1) is 0 Å². The first-order chi connectivity index (χ1) is 7.11. The molecule has 0 fully saturated rings. The zero-order chi connectivity index (χ0) is 11.0. The van der Waals surface area contributed by atoms with E-state index in [0.717, 1.165) is 5.56 Å². The molecule has 1 aliphatic carbocycles. The predicted molar refractivity (Wildman–Crippen MR) is 60.7 cm³/mol. The van der Waals surface area contributed by atoms with Crippen molar-refractivity contribution in [3.8, 4) is 0 Å². The summed E-state index contributed by atoms with van der Waals surface area (Å²) in [6, 6.07) is 7.52. The fourth-order valence-corrected chi connectivity index (χ4v) is 2.17. The Morgan fingerprint density at radius 1 is 1.40 bits per heavy atom. The number of nitrogens with two attached hydrogens (primary N) is 1. The van der Waals surface area contributed by atoms with E-state index in [1.165, 1.54) is 0 Å². The lowest BCUT2D eigenvalue weighted by atomic mass is 9.96. The van der Waals surface area contributed by atoms with Gasteiger partial charge in [0.1, 0.15) is 0 Å². The van der Waals surface area contributed by atoms with E-state index in [4.69, 9.17) is 17.3 Å². The van der Waals surface area contributed by atoms with Crippen molar-refractivity contribution in [2.24, 2.45) is 5.73 Å². The number of carbonyl (C=O) groups is 1. The van der Waals surface area contributed by atoms with Crippen molar-refractivity contribution < 1.29 is 4.79 Å². The summed E-state index contributed by atoms with van der Waals surface area (Å²) in [5.74, 6) is 0.0867. The average molecular weight is 222 g/mol. The summed E-state index contributed by atoms with van der Waals surface area (Å²) in [4.78, 5) is 11.5. The Morgan fingerprint density at radius 3 is 2.60 bits per heavy atom. The second-order valence-electron chi connectivity index (χ2n) is 3.78. The van der Waals surface area contributed by atoms with Crippen LogP contribution in [0.25, 0.3) is 0 Å². The van der Waals surface area contributed by atoms with Crippen LogP contribution < -0.4 is 5.73 Å². The van der Waals surface area contributed by atoms with Crippen molar-refractivity contribution in [2.75, 3.05) is 0 Å². The topological polar surface area (TPSA) is 43.1 Å². The standard InChI is InChI=1S/C12H12ClNO/c1-7-11(15)6-9(12(7)14)8-4-2-3-5-10(8)13/h2-5,9H,6,14H2,1H3. The van der Waals surface area contributed by atoms with Crippen LogP contribution in [0.3, 0.4) is 0 Å². The van der Waals surface area contributed by atoms with Gasteiger partial charge < -0.3 is 5.73 Å². The molecule has 1 unspecified atom stereocenters. The van der Waals surface area contributed by atoms with E-state index in [-0.39, 0.29) is 11.7 Å². The maximum Gasteiger partial charge on any atom is 0.161 e. The highest BCUT2D eigenvalue weighted by atomic mass is 35.5. The lowest BCUT2D eigenvalue weighted by Crippen LogP contribution is -2.07. The van der Waals surface area contributed by atoms with Gasteiger partial charge in [0, 0.05) is 28.6 Å². The molecule has 0 aliphatic heterocycles. The third kappa shape index (κ3) is 1.65. The molecule has 0 heterocycles. The number of rotatable bonds is 1. The average Bonchev–Trinajstić information content (AvgIpc) is 2.47. The number of Topliss-reactive ketones (excluding diaryl/α,β-unsaturated/α-hetero) is 1. The number of carbonyl (C=O) groups excluding carboxylic acids is 1. The van der Waals surface area contributed by atoms with Crippen LogP contribution in [0.1, 0.15) is 24.8 Å². The summed E-state index contributed by atoms with van der Waals surface area (Å²) in [5, 5.41) is 0.674. The van der Waals surface area contributed by atoms with Crippen molar-refractivity contribution in [2.45, 2.75) is 19.3 Å². The monoisotopic (exact) mass is 221 g/mol. The maximum atomic E-state index is 11.5. The predicted octanol–water partition coefficient (Wildman–Crippen LogP) is 2.63. The van der Waals surface area contributed by atoms with Crippen LogP contribution in [-0.2, 0) is 4.79 Å². The molecule has 2 N–H and O–H groups in total. The van der Waals surface area contributed by atoms with E-state index < -0.39 is 0 Å². The summed E-state index contributed by atoms with van der Waals surface area (Å²) < 4.78 is 0. The molecule has 2 nitrogen and oxygen atoms in total. The van der Waals surface area contributed by atoms with E-state index in [1.54, 1.807) is 6.92 Å². The number of allylic oxidation sites excluding steroid dienone is 2. The molecule has 0 aromatic heterocycles. The summed E-state index contributed by atoms with van der Waals surface area (Å²) >= 11 is 6.08. The zero-order valence-corrected chi connectivity index (χ0v) is 9.21. The van der Waals surface area contributed by atoms with Crippen LogP contribution in [0.15, 0.2) is 35.5 Å². The molecular weight excluding hydrogens is 210 g/mol. The molecule has 0 saturated heterocycles. The van der Waals surface area contributed by atoms with Crippen LogP contribution in [-0.4, -0.2) is 5.78 Å². The third-order valence-electron chi connectivity index (χ3n) is 2.90. The van der Waals surface area contributed by atoms with Gasteiger partial charge in [0.15, 0.2) is 5.78 Å². The SMILES string of the molecule is CC1=C(N)C(c2ccccc2Cl)CC1=O. The lowest BCUT2D eigenvalue weighted by molar-refractivity contribution is -0.115. The third-order valence-corrected chi connectivity index (χ3v) is 3.24. The molecule has 0 spiro atoms. The first-order valence-electron chi connectivity index (χ1n) is 4.85. The maximum absolute atomic E-state index is 11.5. The largest absolute Gasteiger partial charge is 0.401 e. The molecular formula is C12H12ClNO. The highest BCUT2D eigenvalue weighted by Gasteiger charge is 2.29. The van der Waals surface area contributed by atoms with E-state index in [1.807, 2.05) is 24.3 Å². The molecule has 15 heavy (non-hydrogen) atoms. The summed E-state index contributed by atoms with van der Waals surface area (Å²) in [6.45, 7) is 1.77.